The summed E-state index contributed by atoms with van der Waals surface area (Å²) in [5, 5.41) is 9.94. The van der Waals surface area contributed by atoms with E-state index in [-0.39, 0.29) is 30.6 Å². The van der Waals surface area contributed by atoms with Crippen LogP contribution in [0.1, 0.15) is 41.4 Å². The number of aromatic nitrogens is 4. The number of nitrogen functional groups attached to an aromatic ring is 1. The molecule has 0 saturated carbocycles. The van der Waals surface area contributed by atoms with E-state index in [0.717, 1.165) is 32.4 Å². The van der Waals surface area contributed by atoms with Crippen LogP contribution in [0.2, 0.25) is 0 Å². The fourth-order valence-electron chi connectivity index (χ4n) is 4.97. The molecule has 174 valence electrons. The normalized spacial score (nSPS) is 18.3. The maximum absolute atomic E-state index is 9.94. The van der Waals surface area contributed by atoms with Gasteiger partial charge in [0.2, 0.25) is 5.95 Å². The maximum atomic E-state index is 9.94. The average molecular weight is 458 g/mol. The van der Waals surface area contributed by atoms with Crippen molar-refractivity contribution >= 4 is 11.8 Å². The van der Waals surface area contributed by atoms with E-state index in [1.165, 1.54) is 23.5 Å². The van der Waals surface area contributed by atoms with E-state index in [1.54, 1.807) is 6.20 Å². The molecule has 1 spiro atoms. The van der Waals surface area contributed by atoms with Crippen molar-refractivity contribution in [2.75, 3.05) is 30.3 Å². The van der Waals surface area contributed by atoms with Crippen molar-refractivity contribution in [2.24, 2.45) is 11.1 Å². The SMILES string of the molecule is Nc1ncc(OCC#Cc2cnc(N3CCC4(CC3)Cc3ccccc3C4N)c(CO)n2)cn1. The van der Waals surface area contributed by atoms with Crippen molar-refractivity contribution in [1.82, 2.24) is 19.9 Å². The predicted molar refractivity (Wildman–Crippen MR) is 128 cm³/mol. The van der Waals surface area contributed by atoms with Crippen LogP contribution in [-0.4, -0.2) is 44.7 Å². The Hall–Kier alpha value is -3.74. The van der Waals surface area contributed by atoms with Gasteiger partial charge in [-0.3, -0.25) is 0 Å². The number of anilines is 2. The highest BCUT2D eigenvalue weighted by molar-refractivity contribution is 5.47. The lowest BCUT2D eigenvalue weighted by Gasteiger charge is -2.42. The van der Waals surface area contributed by atoms with Gasteiger partial charge in [-0.1, -0.05) is 30.2 Å². The molecule has 1 fully saturated rings. The summed E-state index contributed by atoms with van der Waals surface area (Å²) in [6, 6.07) is 8.57. The number of benzene rings is 1. The Balaban J connectivity index is 1.23. The molecule has 5 N–H and O–H groups in total. The number of aliphatic hydroxyl groups is 1. The van der Waals surface area contributed by atoms with E-state index in [4.69, 9.17) is 16.2 Å². The second kappa shape index (κ2) is 9.25. The summed E-state index contributed by atoms with van der Waals surface area (Å²) in [5.41, 5.74) is 15.9. The monoisotopic (exact) mass is 457 g/mol. The van der Waals surface area contributed by atoms with Crippen molar-refractivity contribution < 1.29 is 9.84 Å². The Morgan fingerprint density at radius 3 is 2.62 bits per heavy atom. The van der Waals surface area contributed by atoms with Crippen molar-refractivity contribution in [3.05, 3.63) is 65.4 Å². The molecule has 1 aromatic carbocycles. The molecule has 5 rings (SSSR count). The number of hydrogen-bond acceptors (Lipinski definition) is 9. The van der Waals surface area contributed by atoms with Gasteiger partial charge in [0, 0.05) is 19.1 Å². The van der Waals surface area contributed by atoms with Gasteiger partial charge in [0.25, 0.3) is 0 Å². The zero-order valence-electron chi connectivity index (χ0n) is 18.8. The van der Waals surface area contributed by atoms with Gasteiger partial charge in [0.15, 0.2) is 11.6 Å². The van der Waals surface area contributed by atoms with E-state index in [0.29, 0.717) is 23.0 Å². The van der Waals surface area contributed by atoms with Gasteiger partial charge in [-0.25, -0.2) is 19.9 Å². The minimum Gasteiger partial charge on any atom is -0.478 e. The molecule has 3 heterocycles. The molecule has 2 aliphatic rings. The van der Waals surface area contributed by atoms with Crippen molar-refractivity contribution in [2.45, 2.75) is 31.9 Å². The molecule has 3 aromatic rings. The predicted octanol–water partition coefficient (Wildman–Crippen LogP) is 1.61. The molecular formula is C25H27N7O2. The number of fused-ring (bicyclic) bond motifs is 1. The number of nitrogens with two attached hydrogens (primary N) is 2. The molecule has 1 aliphatic heterocycles. The molecule has 0 radical (unpaired) electrons. The molecule has 1 saturated heterocycles. The van der Waals surface area contributed by atoms with Gasteiger partial charge < -0.3 is 26.2 Å². The molecule has 9 nitrogen and oxygen atoms in total. The van der Waals surface area contributed by atoms with Crippen molar-refractivity contribution in [3.8, 4) is 17.6 Å². The summed E-state index contributed by atoms with van der Waals surface area (Å²) in [6.45, 7) is 1.59. The third kappa shape index (κ3) is 4.25. The summed E-state index contributed by atoms with van der Waals surface area (Å²) in [5.74, 6) is 7.19. The average Bonchev–Trinajstić information content (AvgIpc) is 3.14. The van der Waals surface area contributed by atoms with Gasteiger partial charge in [-0.2, -0.15) is 0 Å². The van der Waals surface area contributed by atoms with E-state index in [2.05, 4.69) is 60.9 Å². The molecule has 2 aromatic heterocycles. The lowest BCUT2D eigenvalue weighted by Crippen LogP contribution is -2.45. The molecule has 1 aliphatic carbocycles. The van der Waals surface area contributed by atoms with Crippen LogP contribution in [0.25, 0.3) is 0 Å². The summed E-state index contributed by atoms with van der Waals surface area (Å²) in [7, 11) is 0. The maximum Gasteiger partial charge on any atom is 0.220 e. The van der Waals surface area contributed by atoms with E-state index in [1.807, 2.05) is 0 Å². The number of aliphatic hydroxyl groups excluding tert-OH is 1. The number of piperidine rings is 1. The van der Waals surface area contributed by atoms with Gasteiger partial charge >= 0.3 is 0 Å². The molecule has 1 unspecified atom stereocenters. The van der Waals surface area contributed by atoms with Gasteiger partial charge in [-0.05, 0) is 41.7 Å². The number of rotatable bonds is 4. The van der Waals surface area contributed by atoms with Gasteiger partial charge in [-0.15, -0.1) is 0 Å². The first-order valence-corrected chi connectivity index (χ1v) is 11.3. The van der Waals surface area contributed by atoms with Gasteiger partial charge in [0.1, 0.15) is 18.0 Å². The smallest absolute Gasteiger partial charge is 0.220 e. The lowest BCUT2D eigenvalue weighted by atomic mass is 9.73. The molecule has 1 atom stereocenters. The topological polar surface area (TPSA) is 136 Å². The van der Waals surface area contributed by atoms with Crippen LogP contribution in [0, 0.1) is 17.3 Å². The van der Waals surface area contributed by atoms with Crippen LogP contribution in [0.4, 0.5) is 11.8 Å². The highest BCUT2D eigenvalue weighted by Gasteiger charge is 2.46. The largest absolute Gasteiger partial charge is 0.478 e. The summed E-state index contributed by atoms with van der Waals surface area (Å²) < 4.78 is 5.47. The molecular weight excluding hydrogens is 430 g/mol. The van der Waals surface area contributed by atoms with Crippen molar-refractivity contribution in [3.63, 3.8) is 0 Å². The summed E-state index contributed by atoms with van der Waals surface area (Å²) in [6.07, 6.45) is 7.59. The molecule has 9 heteroatoms. The Bertz CT molecular complexity index is 1230. The van der Waals surface area contributed by atoms with Crippen LogP contribution in [0.15, 0.2) is 42.9 Å². The fraction of sp³-hybridized carbons (Fsp3) is 0.360. The Morgan fingerprint density at radius 2 is 1.88 bits per heavy atom. The second-order valence-electron chi connectivity index (χ2n) is 8.75. The fourth-order valence-corrected chi connectivity index (χ4v) is 4.97. The van der Waals surface area contributed by atoms with E-state index >= 15 is 0 Å². The van der Waals surface area contributed by atoms with Crippen LogP contribution < -0.4 is 21.1 Å². The van der Waals surface area contributed by atoms with Crippen LogP contribution in [0.3, 0.4) is 0 Å². The second-order valence-corrected chi connectivity index (χ2v) is 8.75. The lowest BCUT2D eigenvalue weighted by molar-refractivity contribution is 0.186. The van der Waals surface area contributed by atoms with Crippen LogP contribution >= 0.6 is 0 Å². The Morgan fingerprint density at radius 1 is 1.12 bits per heavy atom. The zero-order chi connectivity index (χ0) is 23.5. The molecule has 0 amide bonds. The highest BCUT2D eigenvalue weighted by atomic mass is 16.5. The summed E-state index contributed by atoms with van der Waals surface area (Å²) in [4.78, 5) is 19.0. The first-order chi connectivity index (χ1) is 16.6. The third-order valence-corrected chi connectivity index (χ3v) is 6.80. The van der Waals surface area contributed by atoms with Crippen molar-refractivity contribution in [1.29, 1.82) is 0 Å². The highest BCUT2D eigenvalue weighted by Crippen LogP contribution is 2.50. The summed E-state index contributed by atoms with van der Waals surface area (Å²) >= 11 is 0. The van der Waals surface area contributed by atoms with E-state index < -0.39 is 0 Å². The first-order valence-electron chi connectivity index (χ1n) is 11.3. The third-order valence-electron chi connectivity index (χ3n) is 6.80. The number of hydrogen-bond donors (Lipinski definition) is 3. The number of nitrogens with zero attached hydrogens (tertiary/aromatic N) is 5. The van der Waals surface area contributed by atoms with E-state index in [9.17, 15) is 5.11 Å². The molecule has 34 heavy (non-hydrogen) atoms. The Labute approximate surface area is 198 Å². The standard InChI is InChI=1S/C25H27N7O2/c26-22-20-6-2-1-4-17(20)12-25(22)7-9-32(10-8-25)23-21(16-33)31-18(13-28-23)5-3-11-34-19-14-29-24(27)30-15-19/h1-2,4,6,13-15,22,33H,7-12,16,26H2,(H2,27,29,30). The zero-order valence-corrected chi connectivity index (χ0v) is 18.8. The van der Waals surface area contributed by atoms with Crippen LogP contribution in [-0.2, 0) is 13.0 Å². The Kier molecular flexibility index (Phi) is 6.01. The minimum absolute atomic E-state index is 0.0638. The first kappa shape index (κ1) is 22.1. The minimum atomic E-state index is -0.205. The molecule has 0 bridgehead atoms. The van der Waals surface area contributed by atoms with Gasteiger partial charge in [0.05, 0.1) is 25.2 Å². The quantitative estimate of drug-likeness (QED) is 0.499. The number of ether oxygens (including phenoxy) is 1. The van der Waals surface area contributed by atoms with Crippen LogP contribution in [0.5, 0.6) is 5.75 Å².